The van der Waals surface area contributed by atoms with Crippen LogP contribution in [-0.2, 0) is 28.5 Å². The Bertz CT molecular complexity index is 1240. The third-order valence-corrected chi connectivity index (χ3v) is 9.11. The zero-order valence-electron chi connectivity index (χ0n) is 27.4. The lowest BCUT2D eigenvalue weighted by Crippen LogP contribution is -2.66. The average molecular weight is 633 g/mol. The predicted octanol–water partition coefficient (Wildman–Crippen LogP) is 5.28. The highest BCUT2D eigenvalue weighted by atomic mass is 19.1. The molecule has 0 bridgehead atoms. The van der Waals surface area contributed by atoms with Gasteiger partial charge in [0.15, 0.2) is 0 Å². The van der Waals surface area contributed by atoms with E-state index in [1.165, 1.54) is 5.56 Å². The van der Waals surface area contributed by atoms with Crippen LogP contribution in [-0.4, -0.2) is 84.5 Å². The molecule has 2 aliphatic carbocycles. The zero-order valence-corrected chi connectivity index (χ0v) is 27.4. The van der Waals surface area contributed by atoms with Crippen LogP contribution in [0.4, 0.5) is 9.18 Å². The van der Waals surface area contributed by atoms with Crippen molar-refractivity contribution in [1.29, 1.82) is 0 Å². The number of benzene rings is 1. The number of ether oxygens (including phenoxy) is 5. The van der Waals surface area contributed by atoms with Crippen LogP contribution in [0.25, 0.3) is 0 Å². The number of likely N-dealkylation sites (tertiary alicyclic amines) is 1. The average Bonchev–Trinajstić information content (AvgIpc) is 3.66. The van der Waals surface area contributed by atoms with E-state index in [9.17, 15) is 18.8 Å². The van der Waals surface area contributed by atoms with Crippen molar-refractivity contribution in [3.05, 3.63) is 29.8 Å². The Morgan fingerprint density at radius 1 is 1.02 bits per heavy atom. The molecule has 5 unspecified atom stereocenters. The van der Waals surface area contributed by atoms with Crippen LogP contribution < -0.4 is 10.1 Å². The van der Waals surface area contributed by atoms with Crippen LogP contribution in [0.5, 0.6) is 5.75 Å². The quantitative estimate of drug-likeness (QED) is 0.386. The first-order chi connectivity index (χ1) is 21.1. The predicted molar refractivity (Wildman–Crippen MR) is 163 cm³/mol. The van der Waals surface area contributed by atoms with Crippen molar-refractivity contribution < 1.29 is 42.5 Å². The second-order valence-corrected chi connectivity index (χ2v) is 15.0. The lowest BCUT2D eigenvalue weighted by atomic mass is 9.82. The second-order valence-electron chi connectivity index (χ2n) is 15.0. The standard InChI is InChI=1S/C34H49FN2O8/c1-32(2,3)44-30(39)25-17-22(25)18-42-26-10-8-7-9-24(26)21-11-13-23(14-12-21)41-19-27-34(20-43-28(35)29(38)36-34)15-16-37(27)31(40)45-33(4,5)6/h7-10,21-23,25,27-28H,11-20H2,1-6H3,(H,36,38). The molecular weight excluding hydrogens is 583 g/mol. The van der Waals surface area contributed by atoms with Crippen molar-refractivity contribution in [2.75, 3.05) is 26.4 Å². The van der Waals surface area contributed by atoms with Crippen molar-refractivity contribution in [3.8, 4) is 5.75 Å². The van der Waals surface area contributed by atoms with Gasteiger partial charge >= 0.3 is 12.1 Å². The van der Waals surface area contributed by atoms with Crippen molar-refractivity contribution in [2.45, 2.75) is 121 Å². The molecule has 4 aliphatic rings. The van der Waals surface area contributed by atoms with E-state index >= 15 is 0 Å². The molecule has 5 rings (SSSR count). The van der Waals surface area contributed by atoms with Gasteiger partial charge in [-0.2, -0.15) is 0 Å². The lowest BCUT2D eigenvalue weighted by Gasteiger charge is -2.42. The van der Waals surface area contributed by atoms with E-state index in [0.717, 1.165) is 37.9 Å². The SMILES string of the molecule is CC(C)(C)OC(=O)C1CC1COc1ccccc1C1CCC(OCC2N(C(=O)OC(C)(C)C)CCC23COC(F)C(=O)N3)CC1. The van der Waals surface area contributed by atoms with Crippen molar-refractivity contribution in [1.82, 2.24) is 10.2 Å². The van der Waals surface area contributed by atoms with Crippen LogP contribution in [0.2, 0.25) is 0 Å². The summed E-state index contributed by atoms with van der Waals surface area (Å²) in [5.74, 6) is 0.265. The summed E-state index contributed by atoms with van der Waals surface area (Å²) in [6.45, 7) is 12.0. The maximum absolute atomic E-state index is 13.9. The first-order valence-electron chi connectivity index (χ1n) is 16.3. The van der Waals surface area contributed by atoms with Crippen LogP contribution in [0, 0.1) is 11.8 Å². The van der Waals surface area contributed by atoms with E-state index in [-0.39, 0.29) is 37.1 Å². The number of halogens is 1. The Morgan fingerprint density at radius 3 is 2.38 bits per heavy atom. The fraction of sp³-hybridized carbons (Fsp3) is 0.735. The number of hydrogen-bond acceptors (Lipinski definition) is 8. The van der Waals surface area contributed by atoms with E-state index in [2.05, 4.69) is 11.4 Å². The molecule has 1 N–H and O–H groups in total. The Labute approximate surface area is 265 Å². The Kier molecular flexibility index (Phi) is 9.71. The molecule has 5 atom stereocenters. The summed E-state index contributed by atoms with van der Waals surface area (Å²) in [6, 6.07) is 7.56. The van der Waals surface area contributed by atoms with E-state index in [1.807, 2.05) is 39.0 Å². The van der Waals surface area contributed by atoms with Gasteiger partial charge < -0.3 is 33.9 Å². The minimum Gasteiger partial charge on any atom is -0.493 e. The molecule has 1 aromatic carbocycles. The third kappa shape index (κ3) is 8.27. The molecule has 0 aromatic heterocycles. The molecule has 1 spiro atoms. The summed E-state index contributed by atoms with van der Waals surface area (Å²) in [5.41, 5.74) is -0.950. The molecule has 0 radical (unpaired) electrons. The Hall–Kier alpha value is -2.92. The summed E-state index contributed by atoms with van der Waals surface area (Å²) < 4.78 is 42.9. The number of rotatable bonds is 8. The third-order valence-electron chi connectivity index (χ3n) is 9.11. The van der Waals surface area contributed by atoms with Gasteiger partial charge in [0.2, 0.25) is 0 Å². The molecule has 45 heavy (non-hydrogen) atoms. The molecule has 2 amide bonds. The van der Waals surface area contributed by atoms with E-state index in [4.69, 9.17) is 23.7 Å². The van der Waals surface area contributed by atoms with Gasteiger partial charge in [0.05, 0.1) is 43.4 Å². The van der Waals surface area contributed by atoms with Gasteiger partial charge in [0.1, 0.15) is 17.0 Å². The number of hydrogen-bond donors (Lipinski definition) is 1. The van der Waals surface area contributed by atoms with Gasteiger partial charge in [-0.05, 0) is 97.6 Å². The molecule has 2 aliphatic heterocycles. The topological polar surface area (TPSA) is 113 Å². The maximum atomic E-state index is 13.9. The minimum atomic E-state index is -2.02. The molecule has 4 fully saturated rings. The summed E-state index contributed by atoms with van der Waals surface area (Å²) in [6.07, 6.45) is 2.13. The number of alkyl halides is 1. The first kappa shape index (κ1) is 33.4. The summed E-state index contributed by atoms with van der Waals surface area (Å²) >= 11 is 0. The summed E-state index contributed by atoms with van der Waals surface area (Å²) in [4.78, 5) is 39.4. The van der Waals surface area contributed by atoms with E-state index in [0.29, 0.717) is 25.5 Å². The summed E-state index contributed by atoms with van der Waals surface area (Å²) in [7, 11) is 0. The van der Waals surface area contributed by atoms with Crippen LogP contribution in [0.3, 0.4) is 0 Å². The Balaban J connectivity index is 1.16. The number of nitrogens with one attached hydrogen (secondary N) is 1. The van der Waals surface area contributed by atoms with Gasteiger partial charge in [-0.1, -0.05) is 18.2 Å². The monoisotopic (exact) mass is 632 g/mol. The molecule has 11 heteroatoms. The fourth-order valence-corrected chi connectivity index (χ4v) is 6.69. The smallest absolute Gasteiger partial charge is 0.410 e. The minimum absolute atomic E-state index is 0.0253. The second kappa shape index (κ2) is 13.1. The van der Waals surface area contributed by atoms with Gasteiger partial charge in [-0.15, -0.1) is 0 Å². The number of morpholine rings is 1. The van der Waals surface area contributed by atoms with Crippen molar-refractivity contribution >= 4 is 18.0 Å². The molecule has 2 saturated heterocycles. The normalized spacial score (nSPS) is 31.8. The Morgan fingerprint density at radius 2 is 1.71 bits per heavy atom. The molecule has 2 heterocycles. The first-order valence-corrected chi connectivity index (χ1v) is 16.3. The van der Waals surface area contributed by atoms with Gasteiger partial charge in [0, 0.05) is 12.5 Å². The maximum Gasteiger partial charge on any atom is 0.410 e. The largest absolute Gasteiger partial charge is 0.493 e. The number of esters is 1. The van der Waals surface area contributed by atoms with Crippen LogP contribution in [0.1, 0.15) is 91.5 Å². The number of para-hydroxylation sites is 1. The highest BCUT2D eigenvalue weighted by molar-refractivity contribution is 5.81. The molecular formula is C34H49FN2O8. The van der Waals surface area contributed by atoms with E-state index < -0.39 is 41.1 Å². The van der Waals surface area contributed by atoms with Gasteiger partial charge in [-0.3, -0.25) is 9.59 Å². The fourth-order valence-electron chi connectivity index (χ4n) is 6.69. The zero-order chi connectivity index (χ0) is 32.6. The van der Waals surface area contributed by atoms with Crippen molar-refractivity contribution in [3.63, 3.8) is 0 Å². The van der Waals surface area contributed by atoms with Gasteiger partial charge in [0.25, 0.3) is 12.3 Å². The molecule has 1 aromatic rings. The molecule has 2 saturated carbocycles. The van der Waals surface area contributed by atoms with Gasteiger partial charge in [-0.25, -0.2) is 9.18 Å². The number of nitrogens with zero attached hydrogens (tertiary/aromatic N) is 1. The number of carbonyl (C=O) groups excluding carboxylic acids is 3. The van der Waals surface area contributed by atoms with Crippen molar-refractivity contribution in [2.24, 2.45) is 11.8 Å². The highest BCUT2D eigenvalue weighted by Gasteiger charge is 2.55. The highest BCUT2D eigenvalue weighted by Crippen LogP contribution is 2.43. The molecule has 250 valence electrons. The van der Waals surface area contributed by atoms with E-state index in [1.54, 1.807) is 25.7 Å². The van der Waals surface area contributed by atoms with Crippen LogP contribution in [0.15, 0.2) is 24.3 Å². The summed E-state index contributed by atoms with van der Waals surface area (Å²) in [5, 5.41) is 2.80. The number of carbonyl (C=O) groups is 3. The van der Waals surface area contributed by atoms with Crippen LogP contribution >= 0.6 is 0 Å². The number of amides is 2. The lowest BCUT2D eigenvalue weighted by molar-refractivity contribution is -0.165. The molecule has 10 nitrogen and oxygen atoms in total.